The number of aromatic nitrogens is 1. The fraction of sp³-hybridized carbons (Fsp3) is 0.0909. The minimum absolute atomic E-state index is 0.853. The second-order valence-electron chi connectivity index (χ2n) is 3.05. The summed E-state index contributed by atoms with van der Waals surface area (Å²) in [5.74, 6) is 0. The van der Waals surface area contributed by atoms with E-state index in [0.717, 1.165) is 6.54 Å². The third-order valence-electron chi connectivity index (χ3n) is 1.98. The summed E-state index contributed by atoms with van der Waals surface area (Å²) in [6.45, 7) is 0.853. The van der Waals surface area contributed by atoms with Gasteiger partial charge in [0.25, 0.3) is 0 Å². The normalized spacial score (nSPS) is 10.1. The largest absolute Gasteiger partial charge is 0.322 e. The Labute approximate surface area is 97.1 Å². The minimum Gasteiger partial charge on any atom is -0.322 e. The molecule has 2 aromatic rings. The maximum absolute atomic E-state index is 3.27. The molecule has 0 spiro atoms. The molecule has 0 aliphatic rings. The lowest BCUT2D eigenvalue weighted by Gasteiger charge is -2.07. The Balaban J connectivity index is 1.95. The Bertz CT molecular complexity index is 378. The molecule has 0 fully saturated rings. The molecule has 2 rings (SSSR count). The van der Waals surface area contributed by atoms with Gasteiger partial charge in [0.15, 0.2) is 0 Å². The predicted molar refractivity (Wildman–Crippen MR) is 66.7 cm³/mol. The van der Waals surface area contributed by atoms with Crippen molar-refractivity contribution in [3.8, 4) is 0 Å². The maximum atomic E-state index is 3.27. The molecule has 14 heavy (non-hydrogen) atoms. The highest BCUT2D eigenvalue weighted by Crippen LogP contribution is 2.06. The van der Waals surface area contributed by atoms with Crippen LogP contribution in [0.3, 0.4) is 0 Å². The molecule has 0 unspecified atom stereocenters. The fourth-order valence-electron chi connectivity index (χ4n) is 1.22. The van der Waals surface area contributed by atoms with Gasteiger partial charge in [0.05, 0.1) is 6.54 Å². The van der Waals surface area contributed by atoms with Crippen LogP contribution in [0.4, 0.5) is 0 Å². The molecule has 1 aromatic heterocycles. The van der Waals surface area contributed by atoms with Crippen molar-refractivity contribution in [2.75, 3.05) is 5.43 Å². The van der Waals surface area contributed by atoms with E-state index in [1.165, 1.54) is 9.13 Å². The molecule has 0 saturated carbocycles. The number of nitrogens with one attached hydrogen (secondary N) is 1. The standard InChI is InChI=1S/C11H11IN2/c12-11-5-3-10(4-6-11)9-13-14-7-1-2-8-14/h1-8,13H,9H2. The number of halogens is 1. The molecule has 0 radical (unpaired) electrons. The van der Waals surface area contributed by atoms with Crippen molar-refractivity contribution >= 4 is 22.6 Å². The van der Waals surface area contributed by atoms with Gasteiger partial charge in [-0.2, -0.15) is 0 Å². The summed E-state index contributed by atoms with van der Waals surface area (Å²) in [6.07, 6.45) is 3.99. The molecule has 0 bridgehead atoms. The highest BCUT2D eigenvalue weighted by Gasteiger charge is 1.92. The molecular weight excluding hydrogens is 287 g/mol. The number of benzene rings is 1. The Hall–Kier alpha value is -0.970. The zero-order valence-electron chi connectivity index (χ0n) is 7.65. The van der Waals surface area contributed by atoms with E-state index >= 15 is 0 Å². The van der Waals surface area contributed by atoms with Crippen molar-refractivity contribution < 1.29 is 0 Å². The molecule has 0 aliphatic heterocycles. The first-order chi connectivity index (χ1) is 6.84. The van der Waals surface area contributed by atoms with E-state index in [9.17, 15) is 0 Å². The Morgan fingerprint density at radius 3 is 2.36 bits per heavy atom. The molecule has 0 amide bonds. The zero-order valence-corrected chi connectivity index (χ0v) is 9.81. The van der Waals surface area contributed by atoms with Gasteiger partial charge in [0.1, 0.15) is 0 Å². The van der Waals surface area contributed by atoms with Gasteiger partial charge >= 0.3 is 0 Å². The molecule has 1 aromatic carbocycles. The Morgan fingerprint density at radius 1 is 1.07 bits per heavy atom. The monoisotopic (exact) mass is 298 g/mol. The number of nitrogens with zero attached hydrogens (tertiary/aromatic N) is 1. The van der Waals surface area contributed by atoms with Crippen LogP contribution in [0.2, 0.25) is 0 Å². The van der Waals surface area contributed by atoms with Gasteiger partial charge in [-0.25, -0.2) is 0 Å². The molecule has 2 nitrogen and oxygen atoms in total. The molecule has 0 saturated heterocycles. The number of hydrogen-bond donors (Lipinski definition) is 1. The van der Waals surface area contributed by atoms with Crippen LogP contribution in [0.1, 0.15) is 5.56 Å². The van der Waals surface area contributed by atoms with Crippen molar-refractivity contribution in [1.82, 2.24) is 4.68 Å². The summed E-state index contributed by atoms with van der Waals surface area (Å²) < 4.78 is 3.23. The van der Waals surface area contributed by atoms with Crippen molar-refractivity contribution in [2.24, 2.45) is 0 Å². The van der Waals surface area contributed by atoms with Crippen LogP contribution in [0.5, 0.6) is 0 Å². The summed E-state index contributed by atoms with van der Waals surface area (Å²) in [7, 11) is 0. The van der Waals surface area contributed by atoms with E-state index < -0.39 is 0 Å². The minimum atomic E-state index is 0.853. The third kappa shape index (κ3) is 2.51. The van der Waals surface area contributed by atoms with Gasteiger partial charge in [-0.05, 0) is 52.4 Å². The van der Waals surface area contributed by atoms with Crippen LogP contribution < -0.4 is 5.43 Å². The Kier molecular flexibility index (Phi) is 3.08. The summed E-state index contributed by atoms with van der Waals surface area (Å²) >= 11 is 2.31. The average molecular weight is 298 g/mol. The maximum Gasteiger partial charge on any atom is 0.0564 e. The van der Waals surface area contributed by atoms with Gasteiger partial charge in [-0.1, -0.05) is 12.1 Å². The van der Waals surface area contributed by atoms with E-state index in [4.69, 9.17) is 0 Å². The lowest BCUT2D eigenvalue weighted by Crippen LogP contribution is -2.11. The quantitative estimate of drug-likeness (QED) is 0.862. The van der Waals surface area contributed by atoms with Crippen molar-refractivity contribution in [1.29, 1.82) is 0 Å². The molecule has 0 aliphatic carbocycles. The van der Waals surface area contributed by atoms with Crippen molar-refractivity contribution in [3.63, 3.8) is 0 Å². The van der Waals surface area contributed by atoms with Crippen LogP contribution in [-0.4, -0.2) is 4.68 Å². The molecule has 0 atom stereocenters. The van der Waals surface area contributed by atoms with Crippen LogP contribution in [0, 0.1) is 3.57 Å². The highest BCUT2D eigenvalue weighted by atomic mass is 127. The van der Waals surface area contributed by atoms with Crippen molar-refractivity contribution in [2.45, 2.75) is 6.54 Å². The molecule has 1 heterocycles. The first kappa shape index (κ1) is 9.58. The van der Waals surface area contributed by atoms with Crippen LogP contribution in [0.25, 0.3) is 0 Å². The van der Waals surface area contributed by atoms with E-state index in [1.807, 2.05) is 29.2 Å². The summed E-state index contributed by atoms with van der Waals surface area (Å²) in [6, 6.07) is 12.5. The summed E-state index contributed by atoms with van der Waals surface area (Å²) in [4.78, 5) is 0. The van der Waals surface area contributed by atoms with Crippen LogP contribution in [-0.2, 0) is 6.54 Å². The summed E-state index contributed by atoms with van der Waals surface area (Å²) in [5.41, 5.74) is 4.57. The van der Waals surface area contributed by atoms with Gasteiger partial charge in [-0.3, -0.25) is 4.68 Å². The fourth-order valence-corrected chi connectivity index (χ4v) is 1.58. The smallest absolute Gasteiger partial charge is 0.0564 e. The predicted octanol–water partition coefficient (Wildman–Crippen LogP) is 2.84. The molecule has 3 heteroatoms. The van der Waals surface area contributed by atoms with Crippen LogP contribution >= 0.6 is 22.6 Å². The number of hydrogen-bond acceptors (Lipinski definition) is 1. The topological polar surface area (TPSA) is 17.0 Å². The average Bonchev–Trinajstić information content (AvgIpc) is 2.70. The second kappa shape index (κ2) is 4.50. The second-order valence-corrected chi connectivity index (χ2v) is 4.30. The number of rotatable bonds is 3. The zero-order chi connectivity index (χ0) is 9.80. The van der Waals surface area contributed by atoms with Crippen molar-refractivity contribution in [3.05, 3.63) is 57.9 Å². The highest BCUT2D eigenvalue weighted by molar-refractivity contribution is 14.1. The summed E-state index contributed by atoms with van der Waals surface area (Å²) in [5, 5.41) is 0. The first-order valence-corrected chi connectivity index (χ1v) is 5.54. The van der Waals surface area contributed by atoms with E-state index in [-0.39, 0.29) is 0 Å². The molecule has 72 valence electrons. The van der Waals surface area contributed by atoms with Gasteiger partial charge in [0, 0.05) is 16.0 Å². The Morgan fingerprint density at radius 2 is 1.71 bits per heavy atom. The van der Waals surface area contributed by atoms with Gasteiger partial charge in [0.2, 0.25) is 0 Å². The van der Waals surface area contributed by atoms with E-state index in [0.29, 0.717) is 0 Å². The van der Waals surface area contributed by atoms with Gasteiger partial charge in [-0.15, -0.1) is 0 Å². The lowest BCUT2D eigenvalue weighted by atomic mass is 10.2. The van der Waals surface area contributed by atoms with Crippen LogP contribution in [0.15, 0.2) is 48.8 Å². The SMILES string of the molecule is Ic1ccc(CNn2cccc2)cc1. The van der Waals surface area contributed by atoms with E-state index in [1.54, 1.807) is 0 Å². The first-order valence-electron chi connectivity index (χ1n) is 4.46. The van der Waals surface area contributed by atoms with E-state index in [2.05, 4.69) is 52.3 Å². The third-order valence-corrected chi connectivity index (χ3v) is 2.70. The van der Waals surface area contributed by atoms with Gasteiger partial charge < -0.3 is 5.43 Å². The molecule has 1 N–H and O–H groups in total. The lowest BCUT2D eigenvalue weighted by molar-refractivity contribution is 0.847. The molecular formula is C11H11IN2.